The van der Waals surface area contributed by atoms with Crippen LogP contribution in [0.15, 0.2) is 60.8 Å². The van der Waals surface area contributed by atoms with Crippen LogP contribution in [0.4, 0.5) is 0 Å². The molecule has 1 aromatic heterocycles. The lowest BCUT2D eigenvalue weighted by molar-refractivity contribution is -0.146. The SMILES string of the molecule is COc1ccc([C@H](NC(=O)c2cnc(C(=O)NCC(O)C(=O)O)nc2O)c2ccccc2)cc1. The van der Waals surface area contributed by atoms with Crippen LogP contribution in [0.2, 0.25) is 0 Å². The van der Waals surface area contributed by atoms with Crippen molar-refractivity contribution in [3.8, 4) is 11.6 Å². The van der Waals surface area contributed by atoms with Gasteiger partial charge in [-0.1, -0.05) is 42.5 Å². The number of aliphatic hydroxyl groups excluding tert-OH is 1. The van der Waals surface area contributed by atoms with E-state index in [2.05, 4.69) is 20.6 Å². The van der Waals surface area contributed by atoms with E-state index in [1.807, 2.05) is 30.3 Å². The van der Waals surface area contributed by atoms with Crippen LogP contribution in [-0.2, 0) is 4.79 Å². The van der Waals surface area contributed by atoms with E-state index in [9.17, 15) is 24.6 Å². The fourth-order valence-corrected chi connectivity index (χ4v) is 3.01. The molecule has 0 saturated carbocycles. The summed E-state index contributed by atoms with van der Waals surface area (Å²) in [6.45, 7) is -0.582. The molecule has 0 aliphatic heterocycles. The number of carbonyl (C=O) groups is 3. The van der Waals surface area contributed by atoms with Crippen molar-refractivity contribution in [2.24, 2.45) is 0 Å². The molecule has 2 amide bonds. The third kappa shape index (κ3) is 5.84. The quantitative estimate of drug-likeness (QED) is 0.307. The summed E-state index contributed by atoms with van der Waals surface area (Å²) in [6.07, 6.45) is -0.827. The third-order valence-electron chi connectivity index (χ3n) is 4.81. The Kier molecular flexibility index (Phi) is 7.72. The van der Waals surface area contributed by atoms with Gasteiger partial charge in [-0.15, -0.1) is 0 Å². The number of nitrogens with one attached hydrogen (secondary N) is 2. The molecule has 11 heteroatoms. The van der Waals surface area contributed by atoms with E-state index in [-0.39, 0.29) is 5.56 Å². The molecule has 34 heavy (non-hydrogen) atoms. The minimum Gasteiger partial charge on any atom is -0.497 e. The van der Waals surface area contributed by atoms with Crippen LogP contribution in [0.25, 0.3) is 0 Å². The molecule has 2 aromatic carbocycles. The standard InChI is InChI=1S/C23H22N4O7/c1-34-15-9-7-14(8-10-15)18(13-5-3-2-4-6-13)26-20(29)16-11-24-19(27-21(16)30)22(31)25-12-17(28)23(32)33/h2-11,17-18,28H,12H2,1H3,(H,25,31)(H,26,29)(H,32,33)(H,24,27,30)/t17?,18-/m1/s1. The molecule has 0 fully saturated rings. The van der Waals surface area contributed by atoms with E-state index in [1.54, 1.807) is 31.4 Å². The van der Waals surface area contributed by atoms with Crippen molar-refractivity contribution < 1.29 is 34.4 Å². The molecule has 0 saturated heterocycles. The van der Waals surface area contributed by atoms with E-state index in [0.717, 1.165) is 17.3 Å². The molecule has 0 aliphatic rings. The summed E-state index contributed by atoms with van der Waals surface area (Å²) in [4.78, 5) is 43.0. The molecule has 3 aromatic rings. The Morgan fingerprint density at radius 2 is 1.65 bits per heavy atom. The van der Waals surface area contributed by atoms with Crippen LogP contribution in [-0.4, -0.2) is 62.8 Å². The highest BCUT2D eigenvalue weighted by atomic mass is 16.5. The fraction of sp³-hybridized carbons (Fsp3) is 0.174. The van der Waals surface area contributed by atoms with Gasteiger partial charge < -0.3 is 30.7 Å². The average molecular weight is 466 g/mol. The van der Waals surface area contributed by atoms with Gasteiger partial charge in [0.1, 0.15) is 11.3 Å². The second-order valence-corrected chi connectivity index (χ2v) is 7.09. The highest BCUT2D eigenvalue weighted by molar-refractivity contribution is 5.97. The smallest absolute Gasteiger partial charge is 0.334 e. The Morgan fingerprint density at radius 3 is 2.24 bits per heavy atom. The maximum absolute atomic E-state index is 12.9. The number of hydrogen-bond acceptors (Lipinski definition) is 8. The minimum absolute atomic E-state index is 0.267. The molecule has 0 spiro atoms. The normalized spacial score (nSPS) is 12.3. The lowest BCUT2D eigenvalue weighted by Crippen LogP contribution is -2.37. The number of nitrogens with zero attached hydrogens (tertiary/aromatic N) is 2. The van der Waals surface area contributed by atoms with Crippen molar-refractivity contribution in [3.05, 3.63) is 83.3 Å². The molecule has 0 radical (unpaired) electrons. The molecule has 5 N–H and O–H groups in total. The van der Waals surface area contributed by atoms with Gasteiger partial charge in [0.15, 0.2) is 6.10 Å². The van der Waals surface area contributed by atoms with E-state index in [0.29, 0.717) is 5.75 Å². The van der Waals surface area contributed by atoms with Gasteiger partial charge in [0, 0.05) is 6.20 Å². The zero-order chi connectivity index (χ0) is 24.7. The number of aromatic hydroxyl groups is 1. The molecule has 0 aliphatic carbocycles. The predicted molar refractivity (Wildman–Crippen MR) is 118 cm³/mol. The number of benzene rings is 2. The Hall–Kier alpha value is -4.51. The van der Waals surface area contributed by atoms with Gasteiger partial charge in [-0.3, -0.25) is 9.59 Å². The Bertz CT molecular complexity index is 1170. The first-order valence-corrected chi connectivity index (χ1v) is 10.0. The highest BCUT2D eigenvalue weighted by Crippen LogP contribution is 2.25. The number of hydrogen-bond donors (Lipinski definition) is 5. The lowest BCUT2D eigenvalue weighted by atomic mass is 9.98. The molecular weight excluding hydrogens is 444 g/mol. The van der Waals surface area contributed by atoms with Gasteiger partial charge in [0.05, 0.1) is 19.7 Å². The van der Waals surface area contributed by atoms with Crippen molar-refractivity contribution in [3.63, 3.8) is 0 Å². The molecule has 1 unspecified atom stereocenters. The fourth-order valence-electron chi connectivity index (χ4n) is 3.01. The Morgan fingerprint density at radius 1 is 1.00 bits per heavy atom. The molecular formula is C23H22N4O7. The summed E-state index contributed by atoms with van der Waals surface area (Å²) < 4.78 is 5.18. The second kappa shape index (κ2) is 10.9. The lowest BCUT2D eigenvalue weighted by Gasteiger charge is -2.20. The van der Waals surface area contributed by atoms with Crippen molar-refractivity contribution in [1.82, 2.24) is 20.6 Å². The third-order valence-corrected chi connectivity index (χ3v) is 4.81. The summed E-state index contributed by atoms with van der Waals surface area (Å²) in [5.41, 5.74) is 1.28. The Labute approximate surface area is 194 Å². The minimum atomic E-state index is -1.81. The largest absolute Gasteiger partial charge is 0.497 e. The first-order valence-electron chi connectivity index (χ1n) is 10.0. The van der Waals surface area contributed by atoms with Gasteiger partial charge >= 0.3 is 5.97 Å². The van der Waals surface area contributed by atoms with Crippen molar-refractivity contribution in [1.29, 1.82) is 0 Å². The summed E-state index contributed by atoms with van der Waals surface area (Å²) in [5.74, 6) is -3.71. The van der Waals surface area contributed by atoms with Crippen LogP contribution in [0, 0.1) is 0 Å². The number of aliphatic carboxylic acids is 1. The summed E-state index contributed by atoms with van der Waals surface area (Å²) >= 11 is 0. The van der Waals surface area contributed by atoms with Crippen molar-refractivity contribution >= 4 is 17.8 Å². The molecule has 11 nitrogen and oxygen atoms in total. The molecule has 3 rings (SSSR count). The number of carboxylic acids is 1. The number of rotatable bonds is 9. The summed E-state index contributed by atoms with van der Waals surface area (Å²) in [6, 6.07) is 15.7. The number of carboxylic acid groups (broad SMARTS) is 1. The van der Waals surface area contributed by atoms with E-state index < -0.39 is 48.2 Å². The van der Waals surface area contributed by atoms with Gasteiger partial charge in [0.2, 0.25) is 11.7 Å². The highest BCUT2D eigenvalue weighted by Gasteiger charge is 2.23. The van der Waals surface area contributed by atoms with Crippen molar-refractivity contribution in [2.45, 2.75) is 12.1 Å². The Balaban J connectivity index is 1.80. The van der Waals surface area contributed by atoms with Crippen LogP contribution < -0.4 is 15.4 Å². The monoisotopic (exact) mass is 466 g/mol. The molecule has 176 valence electrons. The summed E-state index contributed by atoms with van der Waals surface area (Å²) in [7, 11) is 1.55. The number of aromatic nitrogens is 2. The molecule has 1 heterocycles. The zero-order valence-electron chi connectivity index (χ0n) is 18.0. The first kappa shape index (κ1) is 24.1. The van der Waals surface area contributed by atoms with Crippen LogP contribution in [0.1, 0.15) is 38.1 Å². The predicted octanol–water partition coefficient (Wildman–Crippen LogP) is 0.885. The topological polar surface area (TPSA) is 171 Å². The van der Waals surface area contributed by atoms with Crippen LogP contribution >= 0.6 is 0 Å². The first-order chi connectivity index (χ1) is 16.3. The number of aliphatic hydroxyl groups is 1. The van der Waals surface area contributed by atoms with Crippen molar-refractivity contribution in [2.75, 3.05) is 13.7 Å². The number of methoxy groups -OCH3 is 1. The second-order valence-electron chi connectivity index (χ2n) is 7.09. The van der Waals surface area contributed by atoms with E-state index in [1.165, 1.54) is 0 Å². The van der Waals surface area contributed by atoms with Gasteiger partial charge in [-0.2, -0.15) is 4.98 Å². The van der Waals surface area contributed by atoms with Gasteiger partial charge in [-0.25, -0.2) is 9.78 Å². The molecule has 2 atom stereocenters. The van der Waals surface area contributed by atoms with E-state index in [4.69, 9.17) is 9.84 Å². The van der Waals surface area contributed by atoms with Crippen LogP contribution in [0.5, 0.6) is 11.6 Å². The van der Waals surface area contributed by atoms with E-state index >= 15 is 0 Å². The van der Waals surface area contributed by atoms with Gasteiger partial charge in [0.25, 0.3) is 11.8 Å². The zero-order valence-corrected chi connectivity index (χ0v) is 18.0. The van der Waals surface area contributed by atoms with Crippen LogP contribution in [0.3, 0.4) is 0 Å². The van der Waals surface area contributed by atoms with Gasteiger partial charge in [-0.05, 0) is 23.3 Å². The average Bonchev–Trinajstić information content (AvgIpc) is 2.85. The summed E-state index contributed by atoms with van der Waals surface area (Å²) in [5, 5.41) is 33.1. The number of ether oxygens (including phenoxy) is 1. The number of amides is 2. The maximum atomic E-state index is 12.9. The number of carbonyl (C=O) groups excluding carboxylic acids is 2. The maximum Gasteiger partial charge on any atom is 0.334 e. The molecule has 0 bridgehead atoms.